The standard InChI is InChI=1S/C20H17N3O4S/c24-10-12(11-25)23-19(26)15-5-1-4-14-17(7-6-16(18(14)15)20(23)27)22-21-9-13-3-2-8-28-13/h1-9,12,22,24-25H,10-11H2/b21-9+. The maximum atomic E-state index is 12.9. The van der Waals surface area contributed by atoms with E-state index in [9.17, 15) is 19.8 Å². The van der Waals surface area contributed by atoms with Crippen molar-refractivity contribution in [1.29, 1.82) is 0 Å². The van der Waals surface area contributed by atoms with Crippen molar-refractivity contribution in [3.8, 4) is 0 Å². The molecule has 4 rings (SSSR count). The molecule has 2 amide bonds. The summed E-state index contributed by atoms with van der Waals surface area (Å²) in [6, 6.07) is 11.4. The highest BCUT2D eigenvalue weighted by Crippen LogP contribution is 2.35. The summed E-state index contributed by atoms with van der Waals surface area (Å²) in [6.45, 7) is -1.01. The number of carbonyl (C=O) groups is 2. The number of rotatable bonds is 6. The summed E-state index contributed by atoms with van der Waals surface area (Å²) < 4.78 is 0. The molecule has 28 heavy (non-hydrogen) atoms. The van der Waals surface area contributed by atoms with Gasteiger partial charge in [-0.15, -0.1) is 11.3 Å². The Morgan fingerprint density at radius 3 is 2.46 bits per heavy atom. The highest BCUT2D eigenvalue weighted by molar-refractivity contribution is 7.11. The van der Waals surface area contributed by atoms with Gasteiger partial charge in [0.15, 0.2) is 0 Å². The van der Waals surface area contributed by atoms with E-state index in [4.69, 9.17) is 0 Å². The number of amides is 2. The molecule has 0 fully saturated rings. The van der Waals surface area contributed by atoms with Crippen LogP contribution in [0, 0.1) is 0 Å². The van der Waals surface area contributed by atoms with Crippen molar-refractivity contribution >= 4 is 45.8 Å². The molecule has 3 N–H and O–H groups in total. The average Bonchev–Trinajstić information content (AvgIpc) is 3.23. The van der Waals surface area contributed by atoms with Crippen molar-refractivity contribution in [2.24, 2.45) is 5.10 Å². The third-order valence-electron chi connectivity index (χ3n) is 4.65. The number of imide groups is 1. The first-order valence-corrected chi connectivity index (χ1v) is 9.51. The molecule has 2 aromatic carbocycles. The lowest BCUT2D eigenvalue weighted by Gasteiger charge is -2.32. The fourth-order valence-electron chi connectivity index (χ4n) is 3.30. The Labute approximate surface area is 164 Å². The van der Waals surface area contributed by atoms with Crippen molar-refractivity contribution in [2.45, 2.75) is 6.04 Å². The maximum absolute atomic E-state index is 12.9. The molecule has 3 aromatic rings. The second-order valence-electron chi connectivity index (χ2n) is 6.27. The van der Waals surface area contributed by atoms with Gasteiger partial charge in [-0.2, -0.15) is 5.10 Å². The molecule has 0 saturated carbocycles. The topological polar surface area (TPSA) is 102 Å². The highest BCUT2D eigenvalue weighted by atomic mass is 32.1. The number of anilines is 1. The normalized spacial score (nSPS) is 13.9. The number of nitrogens with zero attached hydrogens (tertiary/aromatic N) is 2. The minimum absolute atomic E-state index is 0.352. The molecule has 1 aliphatic heterocycles. The summed E-state index contributed by atoms with van der Waals surface area (Å²) in [5, 5.41) is 26.3. The first kappa shape index (κ1) is 18.3. The van der Waals surface area contributed by atoms with Gasteiger partial charge < -0.3 is 10.2 Å². The van der Waals surface area contributed by atoms with E-state index in [-0.39, 0.29) is 0 Å². The zero-order chi connectivity index (χ0) is 19.7. The summed E-state index contributed by atoms with van der Waals surface area (Å²) in [5.41, 5.74) is 4.35. The fraction of sp³-hybridized carbons (Fsp3) is 0.150. The second-order valence-corrected chi connectivity index (χ2v) is 7.25. The van der Waals surface area contributed by atoms with Crippen molar-refractivity contribution < 1.29 is 19.8 Å². The molecule has 8 heteroatoms. The zero-order valence-electron chi connectivity index (χ0n) is 14.7. The molecule has 142 valence electrons. The molecule has 1 aliphatic rings. The van der Waals surface area contributed by atoms with Gasteiger partial charge >= 0.3 is 0 Å². The number of aliphatic hydroxyl groups excluding tert-OH is 2. The SMILES string of the molecule is O=C1c2cccc3c(N/N=C/c4cccs4)ccc(c23)C(=O)N1C(CO)CO. The molecule has 7 nitrogen and oxygen atoms in total. The summed E-state index contributed by atoms with van der Waals surface area (Å²) in [7, 11) is 0. The van der Waals surface area contributed by atoms with Crippen molar-refractivity contribution in [1.82, 2.24) is 4.90 Å². The minimum Gasteiger partial charge on any atom is -0.394 e. The molecule has 0 unspecified atom stereocenters. The summed E-state index contributed by atoms with van der Waals surface area (Å²) in [4.78, 5) is 27.7. The van der Waals surface area contributed by atoms with Crippen LogP contribution in [0.25, 0.3) is 10.8 Å². The Bertz CT molecular complexity index is 1050. The number of thiophene rings is 1. The van der Waals surface area contributed by atoms with Crippen LogP contribution in [0.1, 0.15) is 25.6 Å². The third-order valence-corrected chi connectivity index (χ3v) is 5.45. The maximum Gasteiger partial charge on any atom is 0.261 e. The number of carbonyl (C=O) groups excluding carboxylic acids is 2. The van der Waals surface area contributed by atoms with Crippen LogP contribution in [0.2, 0.25) is 0 Å². The van der Waals surface area contributed by atoms with Crippen LogP contribution < -0.4 is 5.43 Å². The summed E-state index contributed by atoms with van der Waals surface area (Å²) in [5.74, 6) is -1.06. The zero-order valence-corrected chi connectivity index (χ0v) is 15.5. The van der Waals surface area contributed by atoms with E-state index in [1.807, 2.05) is 23.6 Å². The molecule has 0 spiro atoms. The Hall–Kier alpha value is -3.07. The Morgan fingerprint density at radius 2 is 1.79 bits per heavy atom. The number of benzene rings is 2. The minimum atomic E-state index is -0.975. The van der Waals surface area contributed by atoms with Crippen LogP contribution in [0.5, 0.6) is 0 Å². The molecule has 0 aliphatic carbocycles. The van der Waals surface area contributed by atoms with Gasteiger partial charge in [0.05, 0.1) is 31.2 Å². The van der Waals surface area contributed by atoms with Gasteiger partial charge in [0.1, 0.15) is 0 Å². The predicted molar refractivity (Wildman–Crippen MR) is 108 cm³/mol. The van der Waals surface area contributed by atoms with Gasteiger partial charge in [-0.3, -0.25) is 19.9 Å². The number of hydrogen-bond donors (Lipinski definition) is 3. The lowest BCUT2D eigenvalue weighted by Crippen LogP contribution is -2.50. The summed E-state index contributed by atoms with van der Waals surface area (Å²) in [6.07, 6.45) is 1.70. The van der Waals surface area contributed by atoms with Crippen LogP contribution >= 0.6 is 11.3 Å². The Kier molecular flexibility index (Phi) is 4.91. The molecule has 0 bridgehead atoms. The van der Waals surface area contributed by atoms with Crippen LogP contribution in [-0.2, 0) is 0 Å². The molecular weight excluding hydrogens is 378 g/mol. The van der Waals surface area contributed by atoms with E-state index in [0.717, 1.165) is 9.78 Å². The van der Waals surface area contributed by atoms with E-state index in [0.29, 0.717) is 27.6 Å². The second kappa shape index (κ2) is 7.51. The molecule has 2 heterocycles. The molecule has 1 aromatic heterocycles. The fourth-order valence-corrected chi connectivity index (χ4v) is 3.88. The van der Waals surface area contributed by atoms with Crippen molar-refractivity contribution in [2.75, 3.05) is 18.6 Å². The van der Waals surface area contributed by atoms with Gasteiger partial charge in [-0.05, 0) is 29.6 Å². The van der Waals surface area contributed by atoms with Crippen molar-refractivity contribution in [3.63, 3.8) is 0 Å². The quantitative estimate of drug-likeness (QED) is 0.338. The molecule has 0 atom stereocenters. The summed E-state index contributed by atoms with van der Waals surface area (Å²) >= 11 is 1.56. The van der Waals surface area contributed by atoms with E-state index in [2.05, 4.69) is 10.5 Å². The number of nitrogens with one attached hydrogen (secondary N) is 1. The number of hydrazone groups is 1. The van der Waals surface area contributed by atoms with Crippen LogP contribution in [0.15, 0.2) is 52.9 Å². The lowest BCUT2D eigenvalue weighted by atomic mass is 9.92. The Morgan fingerprint density at radius 1 is 1.04 bits per heavy atom. The van der Waals surface area contributed by atoms with Gasteiger partial charge in [0, 0.05) is 26.8 Å². The third kappa shape index (κ3) is 2.97. The first-order valence-electron chi connectivity index (χ1n) is 8.63. The molecule has 0 radical (unpaired) electrons. The first-order chi connectivity index (χ1) is 13.7. The molecular formula is C20H17N3O4S. The van der Waals surface area contributed by atoms with E-state index < -0.39 is 31.1 Å². The predicted octanol–water partition coefficient (Wildman–Crippen LogP) is 2.30. The average molecular weight is 395 g/mol. The largest absolute Gasteiger partial charge is 0.394 e. The molecule has 0 saturated heterocycles. The van der Waals surface area contributed by atoms with Gasteiger partial charge in [0.2, 0.25) is 0 Å². The number of hydrogen-bond acceptors (Lipinski definition) is 7. The van der Waals surface area contributed by atoms with Crippen molar-refractivity contribution in [3.05, 3.63) is 63.8 Å². The van der Waals surface area contributed by atoms with Gasteiger partial charge in [0.25, 0.3) is 11.8 Å². The lowest BCUT2D eigenvalue weighted by molar-refractivity contribution is 0.0375. The highest BCUT2D eigenvalue weighted by Gasteiger charge is 2.37. The van der Waals surface area contributed by atoms with Gasteiger partial charge in [-0.25, -0.2) is 0 Å². The van der Waals surface area contributed by atoms with Gasteiger partial charge in [-0.1, -0.05) is 18.2 Å². The van der Waals surface area contributed by atoms with E-state index in [1.54, 1.807) is 41.8 Å². The van der Waals surface area contributed by atoms with E-state index in [1.165, 1.54) is 0 Å². The Balaban J connectivity index is 1.77. The van der Waals surface area contributed by atoms with Crippen LogP contribution in [0.3, 0.4) is 0 Å². The smallest absolute Gasteiger partial charge is 0.261 e. The monoisotopic (exact) mass is 395 g/mol. The van der Waals surface area contributed by atoms with Crippen LogP contribution in [0.4, 0.5) is 5.69 Å². The van der Waals surface area contributed by atoms with Crippen LogP contribution in [-0.4, -0.2) is 52.4 Å². The number of aliphatic hydroxyl groups is 2. The van der Waals surface area contributed by atoms with E-state index >= 15 is 0 Å².